The summed E-state index contributed by atoms with van der Waals surface area (Å²) >= 11 is 5.70. The predicted molar refractivity (Wildman–Crippen MR) is 80.1 cm³/mol. The third-order valence-corrected chi connectivity index (χ3v) is 3.71. The first-order chi connectivity index (χ1) is 11.3. The van der Waals surface area contributed by atoms with E-state index in [4.69, 9.17) is 11.6 Å². The van der Waals surface area contributed by atoms with Gasteiger partial charge in [0.1, 0.15) is 6.20 Å². The van der Waals surface area contributed by atoms with Gasteiger partial charge in [0, 0.05) is 6.07 Å². The van der Waals surface area contributed by atoms with Crippen molar-refractivity contribution in [1.29, 1.82) is 0 Å². The van der Waals surface area contributed by atoms with Crippen molar-refractivity contribution in [3.8, 4) is 0 Å². The number of anilines is 1. The first kappa shape index (κ1) is 16.3. The summed E-state index contributed by atoms with van der Waals surface area (Å²) in [4.78, 5) is 17.0. The van der Waals surface area contributed by atoms with Crippen LogP contribution in [0.4, 0.5) is 19.0 Å². The van der Waals surface area contributed by atoms with Crippen molar-refractivity contribution in [1.82, 2.24) is 5.32 Å². The topological polar surface area (TPSA) is 69.2 Å². The van der Waals surface area contributed by atoms with Crippen molar-refractivity contribution in [2.24, 2.45) is 0 Å². The van der Waals surface area contributed by atoms with Gasteiger partial charge in [-0.2, -0.15) is 13.2 Å². The number of nitrogens with one attached hydrogen (secondary N) is 4. The average molecular weight is 357 g/mol. The highest BCUT2D eigenvalue weighted by molar-refractivity contribution is 6.30. The molecule has 2 aromatic rings. The van der Waals surface area contributed by atoms with Crippen molar-refractivity contribution in [2.75, 3.05) is 5.32 Å². The summed E-state index contributed by atoms with van der Waals surface area (Å²) < 4.78 is 41.0. The number of hydrogen-bond donors (Lipinski definition) is 3. The number of aromatic amines is 1. The van der Waals surface area contributed by atoms with Crippen LogP contribution in [0.25, 0.3) is 0 Å². The Hall–Kier alpha value is -2.61. The lowest BCUT2D eigenvalue weighted by atomic mass is 10.1. The maximum Gasteiger partial charge on any atom is 0.488 e. The van der Waals surface area contributed by atoms with Gasteiger partial charge in [0.15, 0.2) is 0 Å². The Labute approximate surface area is 139 Å². The molecule has 9 heteroatoms. The summed E-state index contributed by atoms with van der Waals surface area (Å²) in [5.74, 6) is -1.30. The number of rotatable bonds is 3. The largest absolute Gasteiger partial charge is 0.488 e. The lowest BCUT2D eigenvalue weighted by Crippen LogP contribution is -2.94. The second kappa shape index (κ2) is 5.79. The van der Waals surface area contributed by atoms with Crippen LogP contribution in [-0.2, 0) is 4.79 Å². The molecule has 4 N–H and O–H groups in total. The quantitative estimate of drug-likeness (QED) is 0.749. The second-order valence-electron chi connectivity index (χ2n) is 5.11. The van der Waals surface area contributed by atoms with Crippen LogP contribution in [0, 0.1) is 0 Å². The predicted octanol–water partition coefficient (Wildman–Crippen LogP) is 0.482. The molecule has 0 bridgehead atoms. The molecule has 5 nitrogen and oxygen atoms in total. The van der Waals surface area contributed by atoms with Crippen LogP contribution >= 0.6 is 11.6 Å². The number of hydrogen-bond acceptors (Lipinski definition) is 2. The fraction of sp³-hybridized carbons (Fsp3) is 0.133. The van der Waals surface area contributed by atoms with Crippen LogP contribution in [0.5, 0.6) is 0 Å². The molecule has 1 amide bonds. The monoisotopic (exact) mass is 356 g/mol. The number of H-pyrrole nitrogens is 1. The van der Waals surface area contributed by atoms with E-state index in [2.05, 4.69) is 20.6 Å². The van der Waals surface area contributed by atoms with Gasteiger partial charge in [-0.15, -0.1) is 0 Å². The summed E-state index contributed by atoms with van der Waals surface area (Å²) in [7, 11) is 0. The molecule has 0 saturated heterocycles. The zero-order valence-electron chi connectivity index (χ0n) is 12.0. The number of carbonyl (C=O) groups excluding carboxylic acids is 1. The number of pyridine rings is 1. The number of amidine groups is 1. The van der Waals surface area contributed by atoms with Gasteiger partial charge >= 0.3 is 17.7 Å². The van der Waals surface area contributed by atoms with Crippen LogP contribution in [0.15, 0.2) is 48.7 Å². The van der Waals surface area contributed by atoms with Crippen molar-refractivity contribution in [2.45, 2.75) is 11.8 Å². The molecular weight excluding hydrogens is 345 g/mol. The summed E-state index contributed by atoms with van der Waals surface area (Å²) in [6, 6.07) is 10.9. The summed E-state index contributed by atoms with van der Waals surface area (Å²) in [5.41, 5.74) is -2.57. The molecule has 0 aliphatic carbocycles. The van der Waals surface area contributed by atoms with Crippen LogP contribution in [0.2, 0.25) is 5.02 Å². The van der Waals surface area contributed by atoms with Gasteiger partial charge in [0.2, 0.25) is 0 Å². The molecule has 124 valence electrons. The molecular formula is C15H12ClF3N4O+2. The standard InChI is InChI=1S/C15H10ClF3N4O/c16-10-6-7-11(20-8-10)22-14(15(17,18)19)13(24)21-12(23-14)9-4-2-1-3-5-9/h1-8H,(H,20,22)(H,21,23,24)/p+2/t14-/m0/s1. The SMILES string of the molecule is O=C1NC(c2ccccc2)=[NH+][C@]1(Nc1ccc(Cl)c[nH+]1)C(F)(F)F. The number of halogens is 4. The van der Waals surface area contributed by atoms with Crippen LogP contribution < -0.4 is 20.6 Å². The summed E-state index contributed by atoms with van der Waals surface area (Å²) in [5, 5.41) is 4.75. The van der Waals surface area contributed by atoms with Gasteiger partial charge in [-0.1, -0.05) is 29.8 Å². The number of amides is 1. The highest BCUT2D eigenvalue weighted by Gasteiger charge is 2.73. The van der Waals surface area contributed by atoms with Crippen molar-refractivity contribution < 1.29 is 27.9 Å². The Kier molecular flexibility index (Phi) is 3.92. The summed E-state index contributed by atoms with van der Waals surface area (Å²) in [6.45, 7) is 0. The van der Waals surface area contributed by atoms with E-state index in [9.17, 15) is 18.0 Å². The Bertz CT molecular complexity index is 793. The molecule has 0 fully saturated rings. The molecule has 1 atom stereocenters. The second-order valence-corrected chi connectivity index (χ2v) is 5.55. The number of carbonyl (C=O) groups is 1. The molecule has 0 spiro atoms. The summed E-state index contributed by atoms with van der Waals surface area (Å²) in [6.07, 6.45) is -3.59. The van der Waals surface area contributed by atoms with E-state index in [1.54, 1.807) is 30.3 Å². The molecule has 1 aliphatic heterocycles. The van der Waals surface area contributed by atoms with Gasteiger partial charge < -0.3 is 0 Å². The fourth-order valence-electron chi connectivity index (χ4n) is 2.28. The van der Waals surface area contributed by atoms with Gasteiger partial charge in [0.05, 0.1) is 10.6 Å². The Balaban J connectivity index is 2.04. The molecule has 1 aromatic carbocycles. The van der Waals surface area contributed by atoms with Crippen molar-refractivity contribution in [3.05, 3.63) is 59.2 Å². The van der Waals surface area contributed by atoms with Crippen molar-refractivity contribution >= 4 is 29.2 Å². The van der Waals surface area contributed by atoms with E-state index in [0.29, 0.717) is 10.6 Å². The first-order valence-corrected chi connectivity index (χ1v) is 7.24. The minimum atomic E-state index is -4.90. The molecule has 3 rings (SSSR count). The van der Waals surface area contributed by atoms with Crippen LogP contribution in [0.1, 0.15) is 5.56 Å². The van der Waals surface area contributed by atoms with E-state index in [-0.39, 0.29) is 11.7 Å². The maximum absolute atomic E-state index is 13.7. The van der Waals surface area contributed by atoms with E-state index >= 15 is 0 Å². The Morgan fingerprint density at radius 2 is 1.83 bits per heavy atom. The first-order valence-electron chi connectivity index (χ1n) is 6.86. The normalized spacial score (nSPS) is 20.5. The highest BCUT2D eigenvalue weighted by atomic mass is 35.5. The zero-order chi connectivity index (χ0) is 17.4. The van der Waals surface area contributed by atoms with Gasteiger partial charge in [-0.3, -0.25) is 0 Å². The van der Waals surface area contributed by atoms with E-state index in [0.717, 1.165) is 0 Å². The lowest BCUT2D eigenvalue weighted by Gasteiger charge is -2.19. The third kappa shape index (κ3) is 2.80. The highest BCUT2D eigenvalue weighted by Crippen LogP contribution is 2.29. The fourth-order valence-corrected chi connectivity index (χ4v) is 2.39. The smallest absolute Gasteiger partial charge is 0.246 e. The van der Waals surface area contributed by atoms with E-state index in [1.807, 2.05) is 0 Å². The minimum absolute atomic E-state index is 0.0197. The zero-order valence-corrected chi connectivity index (χ0v) is 12.8. The Morgan fingerprint density at radius 3 is 2.42 bits per heavy atom. The third-order valence-electron chi connectivity index (χ3n) is 3.48. The number of alkyl halides is 3. The number of benzene rings is 1. The van der Waals surface area contributed by atoms with E-state index < -0.39 is 17.7 Å². The van der Waals surface area contributed by atoms with Crippen molar-refractivity contribution in [3.63, 3.8) is 0 Å². The van der Waals surface area contributed by atoms with Crippen LogP contribution in [0.3, 0.4) is 0 Å². The van der Waals surface area contributed by atoms with E-state index in [1.165, 1.54) is 18.3 Å². The molecule has 1 aromatic heterocycles. The number of aromatic nitrogens is 1. The van der Waals surface area contributed by atoms with Crippen LogP contribution in [-0.4, -0.2) is 23.6 Å². The van der Waals surface area contributed by atoms with Gasteiger partial charge in [0.25, 0.3) is 11.7 Å². The Morgan fingerprint density at radius 1 is 1.12 bits per heavy atom. The lowest BCUT2D eigenvalue weighted by molar-refractivity contribution is -0.568. The minimum Gasteiger partial charge on any atom is -0.246 e. The molecule has 24 heavy (non-hydrogen) atoms. The maximum atomic E-state index is 13.7. The molecule has 0 saturated carbocycles. The molecule has 0 unspecified atom stereocenters. The molecule has 2 heterocycles. The van der Waals surface area contributed by atoms with Gasteiger partial charge in [-0.25, -0.2) is 25.4 Å². The molecule has 1 aliphatic rings. The van der Waals surface area contributed by atoms with Gasteiger partial charge in [-0.05, 0) is 18.2 Å². The average Bonchev–Trinajstić information content (AvgIpc) is 2.88. The molecule has 0 radical (unpaired) electrons.